The molecule has 2 aromatic heterocycles. The van der Waals surface area contributed by atoms with Crippen molar-refractivity contribution in [3.8, 4) is 5.75 Å². The number of H-pyrrole nitrogens is 1. The lowest BCUT2D eigenvalue weighted by molar-refractivity contribution is -0.125. The molecule has 2 atom stereocenters. The van der Waals surface area contributed by atoms with E-state index in [1.165, 1.54) is 37.6 Å². The lowest BCUT2D eigenvalue weighted by atomic mass is 9.55. The number of nitrogens with zero attached hydrogens (tertiary/aromatic N) is 2. The van der Waals surface area contributed by atoms with E-state index in [0.29, 0.717) is 22.5 Å². The molecule has 1 aliphatic heterocycles. The Hall–Kier alpha value is -2.81. The Bertz CT molecular complexity index is 1080. The highest BCUT2D eigenvalue weighted by atomic mass is 19.3. The van der Waals surface area contributed by atoms with Crippen LogP contribution in [-0.4, -0.2) is 51.9 Å². The Labute approximate surface area is 199 Å². The summed E-state index contributed by atoms with van der Waals surface area (Å²) in [5.74, 6) is -3.24. The van der Waals surface area contributed by atoms with Crippen molar-refractivity contribution in [1.82, 2.24) is 14.9 Å². The van der Waals surface area contributed by atoms with Crippen LogP contribution < -0.4 is 15.6 Å². The van der Waals surface area contributed by atoms with Gasteiger partial charge in [0.1, 0.15) is 11.6 Å². The minimum atomic E-state index is -2.92. The molecule has 1 unspecified atom stereocenters. The van der Waals surface area contributed by atoms with Crippen LogP contribution in [0.15, 0.2) is 41.5 Å². The summed E-state index contributed by atoms with van der Waals surface area (Å²) in [7, 11) is 0. The number of nitrogens with one attached hydrogen (secondary N) is 2. The zero-order chi connectivity index (χ0) is 23.9. The number of rotatable bonds is 6. The number of halogens is 2. The van der Waals surface area contributed by atoms with Gasteiger partial charge in [-0.25, -0.2) is 13.8 Å². The van der Waals surface area contributed by atoms with Crippen molar-refractivity contribution in [2.45, 2.75) is 69.4 Å². The first-order valence-corrected chi connectivity index (χ1v) is 12.0. The number of alkyl halides is 2. The molecule has 0 aromatic carbocycles. The molecule has 2 aromatic rings. The van der Waals surface area contributed by atoms with E-state index in [1.807, 2.05) is 0 Å². The third kappa shape index (κ3) is 4.58. The fourth-order valence-corrected chi connectivity index (χ4v) is 5.45. The Morgan fingerprint density at radius 1 is 1.26 bits per heavy atom. The molecule has 0 radical (unpaired) electrons. The summed E-state index contributed by atoms with van der Waals surface area (Å²) in [6.45, 7) is 1.81. The van der Waals surface area contributed by atoms with E-state index < -0.39 is 17.9 Å². The number of hydrogen-bond donors (Lipinski definition) is 2. The normalized spacial score (nSPS) is 24.6. The average molecular weight is 477 g/mol. The van der Waals surface area contributed by atoms with Gasteiger partial charge in [0.25, 0.3) is 5.92 Å². The van der Waals surface area contributed by atoms with Gasteiger partial charge in [-0.1, -0.05) is 12.5 Å². The lowest BCUT2D eigenvalue weighted by Crippen LogP contribution is -2.52. The molecule has 1 spiro atoms. The smallest absolute Gasteiger partial charge is 0.257 e. The van der Waals surface area contributed by atoms with E-state index in [-0.39, 0.29) is 39.9 Å². The fourth-order valence-electron chi connectivity index (χ4n) is 5.45. The van der Waals surface area contributed by atoms with Gasteiger partial charge in [0.2, 0.25) is 11.5 Å². The number of carbonyl (C=O) groups is 1. The van der Waals surface area contributed by atoms with Gasteiger partial charge in [-0.05, 0) is 55.7 Å². The van der Waals surface area contributed by atoms with Gasteiger partial charge in [0.05, 0.1) is 24.3 Å². The van der Waals surface area contributed by atoms with E-state index in [1.54, 1.807) is 30.2 Å². The van der Waals surface area contributed by atoms with Gasteiger partial charge in [-0.15, -0.1) is 0 Å². The largest absolute Gasteiger partial charge is 0.489 e. The van der Waals surface area contributed by atoms with Crippen LogP contribution in [0.3, 0.4) is 0 Å². The second-order valence-corrected chi connectivity index (χ2v) is 10.1. The standard InChI is InChI=1S/C25H30F2N4O3.2H2/c1-16(31-10-9-25(26,27)20(15-31)17-3-6-22(32)29-13-17)23(33)30-21-5-4-18(14-28-21)34-19-11-24(12-19)7-2-8-24;;/h3-6,13-14,16,19-20H,2,7-12,15H2,1H3,(H,29,32)(H,28,30,33);2*1H/t16?,20-;;/m1../s1. The maximum absolute atomic E-state index is 14.6. The fraction of sp³-hybridized carbons (Fsp3) is 0.560. The Balaban J connectivity index is 0.00000180. The van der Waals surface area contributed by atoms with Crippen molar-refractivity contribution < 1.29 is 21.2 Å². The molecule has 3 aliphatic rings. The highest BCUT2D eigenvalue weighted by Crippen LogP contribution is 2.56. The van der Waals surface area contributed by atoms with Gasteiger partial charge >= 0.3 is 0 Å². The first-order valence-electron chi connectivity index (χ1n) is 12.0. The van der Waals surface area contributed by atoms with Crippen LogP contribution in [0.2, 0.25) is 0 Å². The van der Waals surface area contributed by atoms with Gasteiger partial charge in [-0.2, -0.15) is 0 Å². The summed E-state index contributed by atoms with van der Waals surface area (Å²) in [4.78, 5) is 32.6. The summed E-state index contributed by atoms with van der Waals surface area (Å²) in [6.07, 6.45) is 9.00. The summed E-state index contributed by atoms with van der Waals surface area (Å²) >= 11 is 0. The van der Waals surface area contributed by atoms with Gasteiger partial charge in [0, 0.05) is 34.6 Å². The number of aromatic nitrogens is 2. The summed E-state index contributed by atoms with van der Waals surface area (Å²) in [6, 6.07) is 5.55. The minimum Gasteiger partial charge on any atom is -0.489 e. The quantitative estimate of drug-likeness (QED) is 0.644. The third-order valence-electron chi connectivity index (χ3n) is 7.82. The highest BCUT2D eigenvalue weighted by Gasteiger charge is 2.49. The zero-order valence-electron chi connectivity index (χ0n) is 19.2. The lowest BCUT2D eigenvalue weighted by Gasteiger charge is -2.53. The van der Waals surface area contributed by atoms with Crippen molar-refractivity contribution in [3.63, 3.8) is 0 Å². The molecule has 2 aliphatic carbocycles. The minimum absolute atomic E-state index is 0. The average Bonchev–Trinajstić information content (AvgIpc) is 2.76. The first-order chi connectivity index (χ1) is 16.2. The van der Waals surface area contributed by atoms with Crippen LogP contribution >= 0.6 is 0 Å². The Morgan fingerprint density at radius 3 is 2.68 bits per heavy atom. The van der Waals surface area contributed by atoms with E-state index in [4.69, 9.17) is 4.74 Å². The van der Waals surface area contributed by atoms with Gasteiger partial charge in [-0.3, -0.25) is 14.5 Å². The number of anilines is 1. The number of amides is 1. The van der Waals surface area contributed by atoms with Crippen LogP contribution in [0, 0.1) is 5.41 Å². The molecule has 7 nitrogen and oxygen atoms in total. The summed E-state index contributed by atoms with van der Waals surface area (Å²) in [5.41, 5.74) is 0.553. The monoisotopic (exact) mass is 476 g/mol. The van der Waals surface area contributed by atoms with E-state index in [9.17, 15) is 18.4 Å². The second-order valence-electron chi connectivity index (χ2n) is 10.1. The number of hydrogen-bond acceptors (Lipinski definition) is 5. The summed E-state index contributed by atoms with van der Waals surface area (Å²) in [5, 5.41) is 2.78. The highest BCUT2D eigenvalue weighted by molar-refractivity contribution is 5.93. The predicted octanol–water partition coefficient (Wildman–Crippen LogP) is 4.43. The van der Waals surface area contributed by atoms with Gasteiger partial charge < -0.3 is 15.0 Å². The second kappa shape index (κ2) is 8.76. The van der Waals surface area contributed by atoms with E-state index in [2.05, 4.69) is 15.3 Å². The molecule has 1 saturated heterocycles. The molecule has 3 fully saturated rings. The van der Waals surface area contributed by atoms with Crippen molar-refractivity contribution in [1.29, 1.82) is 0 Å². The van der Waals surface area contributed by atoms with Crippen molar-refractivity contribution in [2.24, 2.45) is 5.41 Å². The molecule has 2 N–H and O–H groups in total. The molecular weight excluding hydrogens is 442 g/mol. The van der Waals surface area contributed by atoms with Crippen LogP contribution in [0.5, 0.6) is 5.75 Å². The molecule has 9 heteroatoms. The van der Waals surface area contributed by atoms with Crippen LogP contribution in [-0.2, 0) is 4.79 Å². The van der Waals surface area contributed by atoms with Crippen molar-refractivity contribution >= 4 is 11.7 Å². The van der Waals surface area contributed by atoms with Crippen molar-refractivity contribution in [3.05, 3.63) is 52.6 Å². The molecule has 1 amide bonds. The molecular formula is C25H34F2N4O3. The molecule has 5 rings (SSSR count). The first kappa shape index (κ1) is 23.0. The third-order valence-corrected chi connectivity index (χ3v) is 7.82. The number of piperidine rings is 1. The number of carbonyl (C=O) groups excluding carboxylic acids is 1. The number of likely N-dealkylation sites (tertiary alicyclic amines) is 1. The number of ether oxygens (including phenoxy) is 1. The zero-order valence-corrected chi connectivity index (χ0v) is 19.2. The summed E-state index contributed by atoms with van der Waals surface area (Å²) < 4.78 is 35.2. The topological polar surface area (TPSA) is 87.3 Å². The van der Waals surface area contributed by atoms with Crippen LogP contribution in [0.1, 0.15) is 59.8 Å². The molecule has 0 bridgehead atoms. The molecule has 3 heterocycles. The molecule has 186 valence electrons. The van der Waals surface area contributed by atoms with Crippen LogP contribution in [0.4, 0.5) is 14.6 Å². The Kier molecular flexibility index (Phi) is 5.91. The van der Waals surface area contributed by atoms with Crippen molar-refractivity contribution in [2.75, 3.05) is 18.4 Å². The number of pyridine rings is 2. The number of aromatic amines is 1. The van der Waals surface area contributed by atoms with E-state index in [0.717, 1.165) is 12.8 Å². The maximum Gasteiger partial charge on any atom is 0.257 e. The molecule has 34 heavy (non-hydrogen) atoms. The van der Waals surface area contributed by atoms with E-state index >= 15 is 0 Å². The van der Waals surface area contributed by atoms with Gasteiger partial charge in [0.15, 0.2) is 0 Å². The maximum atomic E-state index is 14.6. The molecule has 2 saturated carbocycles. The SMILES string of the molecule is CC(C(=O)Nc1ccc(OC2CC3(CCC3)C2)cn1)N1CCC(F)(F)[C@@H](c2ccc(=O)[nH]c2)C1.[HH].[HH]. The Morgan fingerprint density at radius 2 is 2.06 bits per heavy atom. The van der Waals surface area contributed by atoms with Crippen LogP contribution in [0.25, 0.3) is 0 Å². The predicted molar refractivity (Wildman–Crippen MR) is 127 cm³/mol.